The highest BCUT2D eigenvalue weighted by Crippen LogP contribution is 2.22. The molecule has 1 saturated heterocycles. The summed E-state index contributed by atoms with van der Waals surface area (Å²) < 4.78 is 0. The summed E-state index contributed by atoms with van der Waals surface area (Å²) in [7, 11) is 0. The van der Waals surface area contributed by atoms with Crippen LogP contribution in [-0.2, 0) is 4.79 Å². The number of hydrogen-bond acceptors (Lipinski definition) is 2. The van der Waals surface area contributed by atoms with Crippen molar-refractivity contribution >= 4 is 17.5 Å². The zero-order valence-corrected chi connectivity index (χ0v) is 13.0. The fraction of sp³-hybridized carbons (Fsp3) is 0.562. The molecule has 0 radical (unpaired) electrons. The predicted molar refractivity (Wildman–Crippen MR) is 82.8 cm³/mol. The van der Waals surface area contributed by atoms with Crippen LogP contribution in [0.3, 0.4) is 0 Å². The van der Waals surface area contributed by atoms with Crippen LogP contribution < -0.4 is 5.32 Å². The van der Waals surface area contributed by atoms with Crippen molar-refractivity contribution in [1.29, 1.82) is 0 Å². The third kappa shape index (κ3) is 4.22. The van der Waals surface area contributed by atoms with Gasteiger partial charge >= 0.3 is 0 Å². The van der Waals surface area contributed by atoms with E-state index in [-0.39, 0.29) is 11.9 Å². The summed E-state index contributed by atoms with van der Waals surface area (Å²) in [5.74, 6) is 0.864. The molecule has 1 fully saturated rings. The summed E-state index contributed by atoms with van der Waals surface area (Å²) in [6, 6.07) is 7.59. The first kappa shape index (κ1) is 15.3. The van der Waals surface area contributed by atoms with Crippen molar-refractivity contribution in [3.05, 3.63) is 34.9 Å². The number of nitrogens with one attached hydrogen (secondary N) is 1. The van der Waals surface area contributed by atoms with Crippen molar-refractivity contribution < 1.29 is 4.79 Å². The molecule has 0 saturated carbocycles. The van der Waals surface area contributed by atoms with E-state index in [1.165, 1.54) is 12.8 Å². The Morgan fingerprint density at radius 3 is 2.70 bits per heavy atom. The Bertz CT molecular complexity index is 456. The summed E-state index contributed by atoms with van der Waals surface area (Å²) in [6.07, 6.45) is 2.38. The van der Waals surface area contributed by atoms with Crippen LogP contribution in [0.2, 0.25) is 5.02 Å². The van der Waals surface area contributed by atoms with E-state index in [4.69, 9.17) is 11.6 Å². The number of rotatable bonds is 4. The summed E-state index contributed by atoms with van der Waals surface area (Å²) >= 11 is 6.15. The van der Waals surface area contributed by atoms with Crippen molar-refractivity contribution in [2.24, 2.45) is 5.92 Å². The number of hydrogen-bond donors (Lipinski definition) is 1. The van der Waals surface area contributed by atoms with E-state index in [0.29, 0.717) is 11.6 Å². The standard InChI is InChI=1S/C16H23ClN2O/c1-12-7-9-19(10-8-12)11-16(20)18-13(2)14-5-3-4-6-15(14)17/h3-6,12-13H,7-11H2,1-2H3,(H,18,20)/t13-/m1/s1. The lowest BCUT2D eigenvalue weighted by molar-refractivity contribution is -0.123. The summed E-state index contributed by atoms with van der Waals surface area (Å²) in [4.78, 5) is 14.3. The van der Waals surface area contributed by atoms with Crippen molar-refractivity contribution in [3.8, 4) is 0 Å². The smallest absolute Gasteiger partial charge is 0.234 e. The maximum absolute atomic E-state index is 12.1. The molecule has 1 aromatic rings. The first-order valence-corrected chi connectivity index (χ1v) is 7.70. The zero-order valence-electron chi connectivity index (χ0n) is 12.2. The first-order valence-electron chi connectivity index (χ1n) is 7.32. The minimum Gasteiger partial charge on any atom is -0.348 e. The molecule has 2 rings (SSSR count). The SMILES string of the molecule is CC1CCN(CC(=O)N[C@H](C)c2ccccc2Cl)CC1. The molecule has 1 N–H and O–H groups in total. The lowest BCUT2D eigenvalue weighted by Gasteiger charge is -2.30. The zero-order chi connectivity index (χ0) is 14.5. The Morgan fingerprint density at radius 1 is 1.40 bits per heavy atom. The van der Waals surface area contributed by atoms with Gasteiger partial charge in [0.25, 0.3) is 0 Å². The average Bonchev–Trinajstić information content (AvgIpc) is 2.41. The van der Waals surface area contributed by atoms with Gasteiger partial charge in [-0.05, 0) is 50.4 Å². The fourth-order valence-corrected chi connectivity index (χ4v) is 2.91. The van der Waals surface area contributed by atoms with Crippen LogP contribution >= 0.6 is 11.6 Å². The van der Waals surface area contributed by atoms with E-state index in [1.54, 1.807) is 0 Å². The molecule has 0 unspecified atom stereocenters. The Hall–Kier alpha value is -1.06. The van der Waals surface area contributed by atoms with Crippen LogP contribution in [0, 0.1) is 5.92 Å². The van der Waals surface area contributed by atoms with Gasteiger partial charge in [0.15, 0.2) is 0 Å². The molecule has 0 aromatic heterocycles. The van der Waals surface area contributed by atoms with Crippen LogP contribution in [0.15, 0.2) is 24.3 Å². The average molecular weight is 295 g/mol. The molecule has 4 heteroatoms. The molecular weight excluding hydrogens is 272 g/mol. The van der Waals surface area contributed by atoms with Gasteiger partial charge in [0.2, 0.25) is 5.91 Å². The lowest BCUT2D eigenvalue weighted by atomic mass is 9.99. The summed E-state index contributed by atoms with van der Waals surface area (Å²) in [6.45, 7) is 6.78. The molecule has 3 nitrogen and oxygen atoms in total. The van der Waals surface area contributed by atoms with Crippen LogP contribution in [0.4, 0.5) is 0 Å². The van der Waals surface area contributed by atoms with Gasteiger partial charge in [0, 0.05) is 5.02 Å². The first-order chi connectivity index (χ1) is 9.56. The van der Waals surface area contributed by atoms with E-state index in [0.717, 1.165) is 24.6 Å². The highest BCUT2D eigenvalue weighted by molar-refractivity contribution is 6.31. The van der Waals surface area contributed by atoms with E-state index >= 15 is 0 Å². The van der Waals surface area contributed by atoms with Crippen molar-refractivity contribution in [2.75, 3.05) is 19.6 Å². The quantitative estimate of drug-likeness (QED) is 0.924. The van der Waals surface area contributed by atoms with Crippen LogP contribution in [0.1, 0.15) is 38.3 Å². The Labute approximate surface area is 126 Å². The Kier molecular flexibility index (Phi) is 5.44. The van der Waals surface area contributed by atoms with Crippen LogP contribution in [-0.4, -0.2) is 30.4 Å². The van der Waals surface area contributed by atoms with E-state index in [1.807, 2.05) is 31.2 Å². The Morgan fingerprint density at radius 2 is 2.05 bits per heavy atom. The topological polar surface area (TPSA) is 32.3 Å². The monoisotopic (exact) mass is 294 g/mol. The molecule has 1 aliphatic heterocycles. The van der Waals surface area contributed by atoms with Crippen molar-refractivity contribution in [1.82, 2.24) is 10.2 Å². The molecule has 1 aromatic carbocycles. The molecule has 1 aliphatic rings. The number of halogens is 1. The number of carbonyl (C=O) groups excluding carboxylic acids is 1. The summed E-state index contributed by atoms with van der Waals surface area (Å²) in [5, 5.41) is 3.73. The second-order valence-electron chi connectivity index (χ2n) is 5.77. The third-order valence-corrected chi connectivity index (χ3v) is 4.34. The predicted octanol–water partition coefficient (Wildman–Crippen LogP) is 3.25. The Balaban J connectivity index is 1.84. The van der Waals surface area contributed by atoms with Gasteiger partial charge in [-0.1, -0.05) is 36.7 Å². The fourth-order valence-electron chi connectivity index (χ4n) is 2.61. The number of carbonyl (C=O) groups is 1. The summed E-state index contributed by atoms with van der Waals surface area (Å²) in [5.41, 5.74) is 0.967. The van der Waals surface area contributed by atoms with Gasteiger partial charge in [-0.15, -0.1) is 0 Å². The number of nitrogens with zero attached hydrogens (tertiary/aromatic N) is 1. The molecule has 1 atom stereocenters. The number of benzene rings is 1. The molecule has 110 valence electrons. The van der Waals surface area contributed by atoms with Gasteiger partial charge in [-0.25, -0.2) is 0 Å². The number of piperidine rings is 1. The van der Waals surface area contributed by atoms with Gasteiger partial charge in [-0.3, -0.25) is 9.69 Å². The largest absolute Gasteiger partial charge is 0.348 e. The van der Waals surface area contributed by atoms with Gasteiger partial charge in [0.1, 0.15) is 0 Å². The van der Waals surface area contributed by atoms with E-state index in [2.05, 4.69) is 17.1 Å². The molecular formula is C16H23ClN2O. The second-order valence-corrected chi connectivity index (χ2v) is 6.18. The van der Waals surface area contributed by atoms with Crippen LogP contribution in [0.5, 0.6) is 0 Å². The van der Waals surface area contributed by atoms with E-state index < -0.39 is 0 Å². The van der Waals surface area contributed by atoms with Crippen molar-refractivity contribution in [3.63, 3.8) is 0 Å². The lowest BCUT2D eigenvalue weighted by Crippen LogP contribution is -2.41. The second kappa shape index (κ2) is 7.09. The minimum absolute atomic E-state index is 0.0556. The van der Waals surface area contributed by atoms with Crippen LogP contribution in [0.25, 0.3) is 0 Å². The molecule has 0 aliphatic carbocycles. The maximum atomic E-state index is 12.1. The minimum atomic E-state index is -0.0556. The molecule has 0 bridgehead atoms. The normalized spacial score (nSPS) is 18.8. The molecule has 1 heterocycles. The maximum Gasteiger partial charge on any atom is 0.234 e. The number of amides is 1. The third-order valence-electron chi connectivity index (χ3n) is 3.99. The van der Waals surface area contributed by atoms with Gasteiger partial charge in [0.05, 0.1) is 12.6 Å². The van der Waals surface area contributed by atoms with Gasteiger partial charge in [-0.2, -0.15) is 0 Å². The highest BCUT2D eigenvalue weighted by atomic mass is 35.5. The highest BCUT2D eigenvalue weighted by Gasteiger charge is 2.19. The number of likely N-dealkylation sites (tertiary alicyclic amines) is 1. The van der Waals surface area contributed by atoms with Gasteiger partial charge < -0.3 is 5.32 Å². The molecule has 1 amide bonds. The van der Waals surface area contributed by atoms with E-state index in [9.17, 15) is 4.79 Å². The molecule has 0 spiro atoms. The molecule has 20 heavy (non-hydrogen) atoms. The van der Waals surface area contributed by atoms with Crippen molar-refractivity contribution in [2.45, 2.75) is 32.7 Å².